The number of nitrogens with one attached hydrogen (secondary N) is 1. The molecule has 1 heterocycles. The molecule has 1 unspecified atom stereocenters. The van der Waals surface area contributed by atoms with Crippen LogP contribution < -0.4 is 4.72 Å². The summed E-state index contributed by atoms with van der Waals surface area (Å²) in [6.07, 6.45) is 3.13. The average molecular weight is 439 g/mol. The van der Waals surface area contributed by atoms with Gasteiger partial charge in [-0.05, 0) is 41.3 Å². The molecule has 0 aliphatic carbocycles. The standard InChI is InChI=1S/C19H20Cl2N4O2S/c1-13(2)19(12-25-22-9-10-23-25)24-28(26,27)16-6-3-14(4-7-16)15-5-8-17(20)18(21)11-15/h3-11,13,19,24H,12H2,1-2H3. The molecule has 0 spiro atoms. The van der Waals surface area contributed by atoms with Gasteiger partial charge in [0.25, 0.3) is 0 Å². The zero-order valence-corrected chi connectivity index (χ0v) is 17.7. The van der Waals surface area contributed by atoms with Crippen LogP contribution in [-0.2, 0) is 16.6 Å². The molecule has 0 bridgehead atoms. The molecule has 0 saturated carbocycles. The fourth-order valence-electron chi connectivity index (χ4n) is 2.67. The van der Waals surface area contributed by atoms with Gasteiger partial charge < -0.3 is 0 Å². The molecule has 0 aliphatic rings. The lowest BCUT2D eigenvalue weighted by atomic mass is 10.1. The third kappa shape index (κ3) is 4.91. The van der Waals surface area contributed by atoms with Crippen molar-refractivity contribution in [3.63, 3.8) is 0 Å². The van der Waals surface area contributed by atoms with Crippen molar-refractivity contribution in [1.29, 1.82) is 0 Å². The zero-order valence-electron chi connectivity index (χ0n) is 15.4. The van der Waals surface area contributed by atoms with E-state index in [4.69, 9.17) is 23.2 Å². The highest BCUT2D eigenvalue weighted by Crippen LogP contribution is 2.29. The Morgan fingerprint density at radius 1 is 0.964 bits per heavy atom. The highest BCUT2D eigenvalue weighted by molar-refractivity contribution is 7.89. The zero-order chi connectivity index (χ0) is 20.3. The Kier molecular flexibility index (Phi) is 6.40. The second-order valence-corrected chi connectivity index (χ2v) is 9.24. The predicted molar refractivity (Wildman–Crippen MR) is 111 cm³/mol. The van der Waals surface area contributed by atoms with Crippen LogP contribution in [0.15, 0.2) is 59.8 Å². The lowest BCUT2D eigenvalue weighted by molar-refractivity contribution is 0.361. The molecule has 148 valence electrons. The van der Waals surface area contributed by atoms with Crippen molar-refractivity contribution in [2.45, 2.75) is 31.3 Å². The third-order valence-electron chi connectivity index (χ3n) is 4.36. The van der Waals surface area contributed by atoms with Gasteiger partial charge in [-0.1, -0.05) is 55.2 Å². The van der Waals surface area contributed by atoms with Gasteiger partial charge in [0.2, 0.25) is 10.0 Å². The Balaban J connectivity index is 1.79. The maximum atomic E-state index is 12.8. The largest absolute Gasteiger partial charge is 0.240 e. The Bertz CT molecular complexity index is 1040. The van der Waals surface area contributed by atoms with Gasteiger partial charge in [-0.25, -0.2) is 13.1 Å². The quantitative estimate of drug-likeness (QED) is 0.597. The van der Waals surface area contributed by atoms with Crippen molar-refractivity contribution >= 4 is 33.2 Å². The van der Waals surface area contributed by atoms with Crippen LogP contribution in [0.1, 0.15) is 13.8 Å². The van der Waals surface area contributed by atoms with E-state index >= 15 is 0 Å². The number of hydrogen-bond donors (Lipinski definition) is 1. The molecule has 3 aromatic rings. The van der Waals surface area contributed by atoms with E-state index in [1.165, 1.54) is 4.80 Å². The minimum Gasteiger partial charge on any atom is -0.207 e. The first-order valence-electron chi connectivity index (χ1n) is 8.68. The summed E-state index contributed by atoms with van der Waals surface area (Å²) in [5.41, 5.74) is 1.70. The molecule has 0 amide bonds. The van der Waals surface area contributed by atoms with Crippen molar-refractivity contribution < 1.29 is 8.42 Å². The molecule has 1 aromatic heterocycles. The van der Waals surface area contributed by atoms with Crippen LogP contribution in [0.2, 0.25) is 10.0 Å². The Labute approximate surface area is 174 Å². The van der Waals surface area contributed by atoms with Crippen molar-refractivity contribution in [2.24, 2.45) is 5.92 Å². The molecule has 2 aromatic carbocycles. The molecule has 1 N–H and O–H groups in total. The molecule has 0 aliphatic heterocycles. The van der Waals surface area contributed by atoms with Crippen molar-refractivity contribution in [1.82, 2.24) is 19.7 Å². The summed E-state index contributed by atoms with van der Waals surface area (Å²) >= 11 is 12.0. The fourth-order valence-corrected chi connectivity index (χ4v) is 4.34. The molecule has 0 fully saturated rings. The second kappa shape index (κ2) is 8.61. The van der Waals surface area contributed by atoms with E-state index in [0.717, 1.165) is 11.1 Å². The van der Waals surface area contributed by atoms with E-state index in [-0.39, 0.29) is 16.9 Å². The number of nitrogens with zero attached hydrogens (tertiary/aromatic N) is 3. The van der Waals surface area contributed by atoms with Crippen LogP contribution in [-0.4, -0.2) is 29.5 Å². The molecular weight excluding hydrogens is 419 g/mol. The smallest absolute Gasteiger partial charge is 0.207 e. The first-order chi connectivity index (χ1) is 13.3. The van der Waals surface area contributed by atoms with Gasteiger partial charge in [-0.15, -0.1) is 0 Å². The molecule has 0 saturated heterocycles. The highest BCUT2D eigenvalue weighted by atomic mass is 35.5. The minimum atomic E-state index is -3.69. The van der Waals surface area contributed by atoms with Gasteiger partial charge in [0, 0.05) is 6.04 Å². The first kappa shape index (κ1) is 20.8. The van der Waals surface area contributed by atoms with E-state index in [1.54, 1.807) is 48.8 Å². The van der Waals surface area contributed by atoms with Crippen LogP contribution in [0.5, 0.6) is 0 Å². The fraction of sp³-hybridized carbons (Fsp3) is 0.263. The minimum absolute atomic E-state index is 0.0660. The number of benzene rings is 2. The number of aromatic nitrogens is 3. The Morgan fingerprint density at radius 3 is 2.14 bits per heavy atom. The molecule has 3 rings (SSSR count). The number of sulfonamides is 1. The summed E-state index contributed by atoms with van der Waals surface area (Å²) in [5.74, 6) is 0.0660. The molecular formula is C19H20Cl2N4O2S. The van der Waals surface area contributed by atoms with E-state index in [9.17, 15) is 8.42 Å². The van der Waals surface area contributed by atoms with Crippen LogP contribution in [0.3, 0.4) is 0 Å². The van der Waals surface area contributed by atoms with Gasteiger partial charge in [0.05, 0.1) is 33.9 Å². The van der Waals surface area contributed by atoms with Gasteiger partial charge in [0.1, 0.15) is 0 Å². The van der Waals surface area contributed by atoms with Crippen molar-refractivity contribution in [2.75, 3.05) is 0 Å². The molecule has 6 nitrogen and oxygen atoms in total. The monoisotopic (exact) mass is 438 g/mol. The highest BCUT2D eigenvalue weighted by Gasteiger charge is 2.23. The maximum absolute atomic E-state index is 12.8. The average Bonchev–Trinajstić information content (AvgIpc) is 3.16. The second-order valence-electron chi connectivity index (χ2n) is 6.71. The van der Waals surface area contributed by atoms with Gasteiger partial charge in [-0.2, -0.15) is 15.0 Å². The predicted octanol–water partition coefficient (Wildman–Crippen LogP) is 4.26. The lowest BCUT2D eigenvalue weighted by Gasteiger charge is -2.21. The van der Waals surface area contributed by atoms with Crippen molar-refractivity contribution in [3.05, 3.63) is 64.9 Å². The summed E-state index contributed by atoms with van der Waals surface area (Å²) in [6.45, 7) is 4.25. The SMILES string of the molecule is CC(C)C(Cn1nccn1)NS(=O)(=O)c1ccc(-c2ccc(Cl)c(Cl)c2)cc1. The topological polar surface area (TPSA) is 76.9 Å². The Morgan fingerprint density at radius 2 is 1.57 bits per heavy atom. The number of halogens is 2. The molecule has 0 radical (unpaired) electrons. The lowest BCUT2D eigenvalue weighted by Crippen LogP contribution is -2.41. The Hall–Kier alpha value is -1.93. The first-order valence-corrected chi connectivity index (χ1v) is 10.9. The van der Waals surface area contributed by atoms with Gasteiger partial charge >= 0.3 is 0 Å². The van der Waals surface area contributed by atoms with Gasteiger partial charge in [0.15, 0.2) is 0 Å². The van der Waals surface area contributed by atoms with E-state index in [1.807, 2.05) is 19.9 Å². The van der Waals surface area contributed by atoms with Crippen LogP contribution >= 0.6 is 23.2 Å². The van der Waals surface area contributed by atoms with Gasteiger partial charge in [-0.3, -0.25) is 0 Å². The van der Waals surface area contributed by atoms with Crippen LogP contribution in [0.4, 0.5) is 0 Å². The summed E-state index contributed by atoms with van der Waals surface area (Å²) in [7, 11) is -3.69. The van der Waals surface area contributed by atoms with E-state index < -0.39 is 10.0 Å². The number of hydrogen-bond acceptors (Lipinski definition) is 4. The summed E-state index contributed by atoms with van der Waals surface area (Å²) in [4.78, 5) is 1.66. The van der Waals surface area contributed by atoms with Crippen LogP contribution in [0, 0.1) is 5.92 Å². The molecule has 1 atom stereocenters. The third-order valence-corrected chi connectivity index (χ3v) is 6.60. The maximum Gasteiger partial charge on any atom is 0.240 e. The summed E-state index contributed by atoms with van der Waals surface area (Å²) in [5, 5.41) is 9.02. The summed E-state index contributed by atoms with van der Waals surface area (Å²) in [6, 6.07) is 11.6. The normalized spacial score (nSPS) is 13.0. The summed E-state index contributed by atoms with van der Waals surface area (Å²) < 4.78 is 28.4. The molecule has 9 heteroatoms. The molecule has 28 heavy (non-hydrogen) atoms. The van der Waals surface area contributed by atoms with Crippen LogP contribution in [0.25, 0.3) is 11.1 Å². The van der Waals surface area contributed by atoms with Crippen molar-refractivity contribution in [3.8, 4) is 11.1 Å². The van der Waals surface area contributed by atoms with E-state index in [2.05, 4.69) is 14.9 Å². The van der Waals surface area contributed by atoms with E-state index in [0.29, 0.717) is 16.6 Å². The number of rotatable bonds is 7.